The summed E-state index contributed by atoms with van der Waals surface area (Å²) in [5.74, 6) is -0.465. The van der Waals surface area contributed by atoms with Crippen LogP contribution < -0.4 is 5.73 Å². The maximum absolute atomic E-state index is 13.5. The highest BCUT2D eigenvalue weighted by molar-refractivity contribution is 5.95. The molecule has 0 radical (unpaired) electrons. The summed E-state index contributed by atoms with van der Waals surface area (Å²) in [6.45, 7) is 3.45. The van der Waals surface area contributed by atoms with Crippen LogP contribution in [0.1, 0.15) is 24.5 Å². The molecule has 0 aromatic heterocycles. The Morgan fingerprint density at radius 1 is 1.53 bits per heavy atom. The largest absolute Gasteiger partial charge is 0.384 e. The van der Waals surface area contributed by atoms with Gasteiger partial charge in [-0.3, -0.25) is 10.3 Å². The van der Waals surface area contributed by atoms with Crippen molar-refractivity contribution in [3.05, 3.63) is 35.1 Å². The average Bonchev–Trinajstić information content (AvgIpc) is 2.74. The second-order valence-corrected chi connectivity index (χ2v) is 5.11. The zero-order chi connectivity index (χ0) is 14.0. The lowest BCUT2D eigenvalue weighted by atomic mass is 10.1. The van der Waals surface area contributed by atoms with E-state index in [-0.39, 0.29) is 17.8 Å². The Kier molecular flexibility index (Phi) is 4.17. The summed E-state index contributed by atoms with van der Waals surface area (Å²) >= 11 is 0. The fourth-order valence-electron chi connectivity index (χ4n) is 2.60. The molecule has 5 heteroatoms. The number of benzene rings is 1. The number of halogens is 1. The maximum Gasteiger partial charge on any atom is 0.124 e. The van der Waals surface area contributed by atoms with E-state index >= 15 is 0 Å². The molecule has 1 aliphatic heterocycles. The molecule has 0 amide bonds. The molecule has 1 aliphatic rings. The fraction of sp³-hybridized carbons (Fsp3) is 0.500. The van der Waals surface area contributed by atoms with E-state index in [9.17, 15) is 4.39 Å². The smallest absolute Gasteiger partial charge is 0.124 e. The van der Waals surface area contributed by atoms with Crippen molar-refractivity contribution in [3.63, 3.8) is 0 Å². The van der Waals surface area contributed by atoms with Gasteiger partial charge in [0.15, 0.2) is 0 Å². The summed E-state index contributed by atoms with van der Waals surface area (Å²) in [6.07, 6.45) is 1.19. The molecule has 1 fully saturated rings. The lowest BCUT2D eigenvalue weighted by molar-refractivity contribution is 0.0814. The van der Waals surface area contributed by atoms with E-state index in [0.717, 1.165) is 18.6 Å². The summed E-state index contributed by atoms with van der Waals surface area (Å²) in [5.41, 5.74) is 6.67. The predicted molar refractivity (Wildman–Crippen MR) is 72.7 cm³/mol. The highest BCUT2D eigenvalue weighted by atomic mass is 19.1. The number of nitrogen functional groups attached to an aromatic ring is 1. The molecule has 4 nitrogen and oxygen atoms in total. The third-order valence-corrected chi connectivity index (χ3v) is 3.60. The summed E-state index contributed by atoms with van der Waals surface area (Å²) in [5, 5.41) is 7.39. The van der Waals surface area contributed by atoms with Crippen LogP contribution >= 0.6 is 0 Å². The van der Waals surface area contributed by atoms with Crippen LogP contribution in [0.5, 0.6) is 0 Å². The second kappa shape index (κ2) is 5.67. The van der Waals surface area contributed by atoms with Crippen molar-refractivity contribution in [2.45, 2.75) is 32.0 Å². The number of nitrogens with one attached hydrogen (secondary N) is 1. The molecule has 3 N–H and O–H groups in total. The van der Waals surface area contributed by atoms with E-state index in [1.54, 1.807) is 6.07 Å². The third kappa shape index (κ3) is 3.30. The minimum absolute atomic E-state index is 0.110. The number of hydrogen-bond donors (Lipinski definition) is 2. The van der Waals surface area contributed by atoms with Gasteiger partial charge < -0.3 is 10.5 Å². The molecule has 0 saturated carbocycles. The van der Waals surface area contributed by atoms with Gasteiger partial charge in [-0.15, -0.1) is 0 Å². The first-order chi connectivity index (χ1) is 8.97. The van der Waals surface area contributed by atoms with Crippen molar-refractivity contribution in [2.24, 2.45) is 5.73 Å². The Hall–Kier alpha value is -1.46. The molecule has 2 unspecified atom stereocenters. The summed E-state index contributed by atoms with van der Waals surface area (Å²) in [4.78, 5) is 2.16. The number of nitrogens with two attached hydrogens (primary N) is 1. The minimum atomic E-state index is -0.355. The zero-order valence-corrected chi connectivity index (χ0v) is 11.3. The minimum Gasteiger partial charge on any atom is -0.384 e. The molecule has 1 saturated heterocycles. The number of amidine groups is 1. The molecule has 19 heavy (non-hydrogen) atoms. The maximum atomic E-state index is 13.5. The lowest BCUT2D eigenvalue weighted by Crippen LogP contribution is -2.36. The Morgan fingerprint density at radius 3 is 2.84 bits per heavy atom. The van der Waals surface area contributed by atoms with E-state index in [4.69, 9.17) is 15.9 Å². The Balaban J connectivity index is 2.12. The van der Waals surface area contributed by atoms with Crippen LogP contribution in [0.2, 0.25) is 0 Å². The second-order valence-electron chi connectivity index (χ2n) is 5.11. The van der Waals surface area contributed by atoms with Crippen molar-refractivity contribution in [2.75, 3.05) is 13.7 Å². The van der Waals surface area contributed by atoms with Crippen molar-refractivity contribution in [1.82, 2.24) is 4.90 Å². The molecule has 1 heterocycles. The number of hydrogen-bond acceptors (Lipinski definition) is 3. The average molecular weight is 265 g/mol. The van der Waals surface area contributed by atoms with Gasteiger partial charge in [0, 0.05) is 24.8 Å². The summed E-state index contributed by atoms with van der Waals surface area (Å²) in [7, 11) is 2.01. The van der Waals surface area contributed by atoms with Gasteiger partial charge >= 0.3 is 0 Å². The Bertz CT molecular complexity index is 478. The van der Waals surface area contributed by atoms with Gasteiger partial charge in [0.2, 0.25) is 0 Å². The monoisotopic (exact) mass is 265 g/mol. The molecule has 2 rings (SSSR count). The number of ether oxygens (including phenoxy) is 1. The van der Waals surface area contributed by atoms with E-state index < -0.39 is 0 Å². The van der Waals surface area contributed by atoms with Crippen LogP contribution in [-0.2, 0) is 11.3 Å². The first-order valence-corrected chi connectivity index (χ1v) is 6.43. The Labute approximate surface area is 112 Å². The highest BCUT2D eigenvalue weighted by Crippen LogP contribution is 2.20. The first-order valence-electron chi connectivity index (χ1n) is 6.43. The van der Waals surface area contributed by atoms with Gasteiger partial charge in [0.1, 0.15) is 11.7 Å². The predicted octanol–water partition coefficient (Wildman–Crippen LogP) is 1.72. The van der Waals surface area contributed by atoms with Gasteiger partial charge in [-0.05, 0) is 44.2 Å². The molecule has 1 aromatic carbocycles. The molecule has 0 spiro atoms. The van der Waals surface area contributed by atoms with Crippen LogP contribution in [0, 0.1) is 11.2 Å². The van der Waals surface area contributed by atoms with Crippen LogP contribution in [0.15, 0.2) is 18.2 Å². The first kappa shape index (κ1) is 14.0. The molecular formula is C14H20FN3O. The van der Waals surface area contributed by atoms with E-state index in [2.05, 4.69) is 11.8 Å². The molecule has 0 bridgehead atoms. The molecule has 2 atom stereocenters. The standard InChI is InChI=1S/C14H20FN3O/c1-9-13(3-4-19-9)18(2)8-10-5-11(14(16)17)7-12(15)6-10/h5-7,9,13H,3-4,8H2,1-2H3,(H3,16,17). The normalized spacial score (nSPS) is 22.9. The summed E-state index contributed by atoms with van der Waals surface area (Å²) < 4.78 is 19.0. The Morgan fingerprint density at radius 2 is 2.26 bits per heavy atom. The number of likely N-dealkylation sites (N-methyl/N-ethyl adjacent to an activating group) is 1. The highest BCUT2D eigenvalue weighted by Gasteiger charge is 2.27. The van der Waals surface area contributed by atoms with Gasteiger partial charge in [0.05, 0.1) is 6.10 Å². The van der Waals surface area contributed by atoms with Gasteiger partial charge in [0.25, 0.3) is 0 Å². The van der Waals surface area contributed by atoms with Crippen molar-refractivity contribution < 1.29 is 9.13 Å². The van der Waals surface area contributed by atoms with Gasteiger partial charge in [-0.1, -0.05) is 0 Å². The van der Waals surface area contributed by atoms with E-state index in [1.165, 1.54) is 12.1 Å². The quantitative estimate of drug-likeness (QED) is 0.643. The van der Waals surface area contributed by atoms with Crippen molar-refractivity contribution >= 4 is 5.84 Å². The van der Waals surface area contributed by atoms with Crippen molar-refractivity contribution in [1.29, 1.82) is 5.41 Å². The lowest BCUT2D eigenvalue weighted by Gasteiger charge is -2.26. The molecule has 0 aliphatic carbocycles. The number of rotatable bonds is 4. The van der Waals surface area contributed by atoms with Crippen LogP contribution in [-0.4, -0.2) is 36.5 Å². The fourth-order valence-corrected chi connectivity index (χ4v) is 2.60. The SMILES string of the molecule is CC1OCCC1N(C)Cc1cc(F)cc(C(=N)N)c1. The number of nitrogens with zero attached hydrogens (tertiary/aromatic N) is 1. The topological polar surface area (TPSA) is 62.3 Å². The van der Waals surface area contributed by atoms with Gasteiger partial charge in [-0.25, -0.2) is 4.39 Å². The zero-order valence-electron chi connectivity index (χ0n) is 11.3. The van der Waals surface area contributed by atoms with Crippen molar-refractivity contribution in [3.8, 4) is 0 Å². The molecular weight excluding hydrogens is 245 g/mol. The van der Waals surface area contributed by atoms with Crippen LogP contribution in [0.25, 0.3) is 0 Å². The molecule has 1 aromatic rings. The summed E-state index contributed by atoms with van der Waals surface area (Å²) in [6, 6.07) is 4.89. The van der Waals surface area contributed by atoms with Gasteiger partial charge in [-0.2, -0.15) is 0 Å². The third-order valence-electron chi connectivity index (χ3n) is 3.60. The van der Waals surface area contributed by atoms with Crippen LogP contribution in [0.4, 0.5) is 4.39 Å². The molecule has 104 valence electrons. The van der Waals surface area contributed by atoms with Crippen LogP contribution in [0.3, 0.4) is 0 Å². The van der Waals surface area contributed by atoms with E-state index in [1.807, 2.05) is 7.05 Å². The van der Waals surface area contributed by atoms with E-state index in [0.29, 0.717) is 18.2 Å².